The highest BCUT2D eigenvalue weighted by molar-refractivity contribution is 5.69. The third kappa shape index (κ3) is 29.8. The molecule has 8 fully saturated rings. The second kappa shape index (κ2) is 48.2. The van der Waals surface area contributed by atoms with Crippen LogP contribution in [-0.2, 0) is 50.1 Å². The van der Waals surface area contributed by atoms with E-state index in [1.54, 1.807) is 11.1 Å². The number of hydrogen-bond acceptors (Lipinski definition) is 21. The Morgan fingerprint density at radius 1 is 0.320 bits per heavy atom. The standard InChI is InChI=1S/C28H39N3O4.3C24H33N3O2/c1-28(2,3)35-27(32)31-15-11-24(31)21-34-26-17-25(18-29-19-26)30-13-9-22(10-14-30)12-16-33-20-23-7-5-4-6-8-23;3*1-26-11-9-22(26)19-29-24-15-23(16-25-17-24)27-12-7-20(8-13-27)10-14-28-18-21-5-3-2-4-6-21/h4-8,17-19,22,24H,9-16,20-21H2,1-3H3;3*2-6,15-17,20,22H,7-14,18-19H2,1H3/t24-;3*22-/m0000/s1. The average Bonchev–Trinajstić information content (AvgIpc) is 0.951. The predicted molar refractivity (Wildman–Crippen MR) is 486 cm³/mol. The Labute approximate surface area is 727 Å². The van der Waals surface area contributed by atoms with Gasteiger partial charge in [-0.1, -0.05) is 121 Å². The van der Waals surface area contributed by atoms with Gasteiger partial charge in [-0.3, -0.25) is 34.6 Å². The van der Waals surface area contributed by atoms with Gasteiger partial charge >= 0.3 is 6.09 Å². The van der Waals surface area contributed by atoms with E-state index < -0.39 is 5.60 Å². The Balaban J connectivity index is 0.000000141. The smallest absolute Gasteiger partial charge is 0.410 e. The number of anilines is 4. The lowest BCUT2D eigenvalue weighted by Gasteiger charge is -2.41. The van der Waals surface area contributed by atoms with E-state index in [0.717, 1.165) is 210 Å². The third-order valence-corrected chi connectivity index (χ3v) is 25.7. The molecule has 122 heavy (non-hydrogen) atoms. The maximum Gasteiger partial charge on any atom is 0.410 e. The van der Waals surface area contributed by atoms with E-state index in [4.69, 9.17) is 42.6 Å². The number of amides is 1. The first kappa shape index (κ1) is 90.6. The summed E-state index contributed by atoms with van der Waals surface area (Å²) in [6, 6.07) is 51.8. The fourth-order valence-corrected chi connectivity index (χ4v) is 16.9. The fraction of sp³-hybridized carbons (Fsp3) is 0.550. The van der Waals surface area contributed by atoms with Crippen molar-refractivity contribution < 1.29 is 47.4 Å². The lowest BCUT2D eigenvalue weighted by atomic mass is 9.94. The van der Waals surface area contributed by atoms with Crippen LogP contribution in [0.4, 0.5) is 27.5 Å². The molecule has 1 amide bonds. The van der Waals surface area contributed by atoms with Crippen molar-refractivity contribution in [3.8, 4) is 23.0 Å². The number of ether oxygens (including phenoxy) is 9. The van der Waals surface area contributed by atoms with E-state index in [1.807, 2.05) is 88.4 Å². The van der Waals surface area contributed by atoms with E-state index in [2.05, 4.69) is 197 Å². The van der Waals surface area contributed by atoms with E-state index >= 15 is 0 Å². The average molecular weight is 1670 g/mol. The van der Waals surface area contributed by atoms with Crippen molar-refractivity contribution in [1.29, 1.82) is 0 Å². The molecule has 8 aliphatic heterocycles. The highest BCUT2D eigenvalue weighted by Crippen LogP contribution is 2.34. The first-order valence-electron chi connectivity index (χ1n) is 45.6. The van der Waals surface area contributed by atoms with E-state index in [-0.39, 0.29) is 12.1 Å². The summed E-state index contributed by atoms with van der Waals surface area (Å²) in [5.74, 6) is 6.37. The lowest BCUT2D eigenvalue weighted by Crippen LogP contribution is -2.55. The number of likely N-dealkylation sites (tertiary alicyclic amines) is 4. The van der Waals surface area contributed by atoms with Gasteiger partial charge < -0.3 is 67.1 Å². The van der Waals surface area contributed by atoms with Gasteiger partial charge in [-0.2, -0.15) is 0 Å². The highest BCUT2D eigenvalue weighted by atomic mass is 16.6. The molecule has 0 N–H and O–H groups in total. The minimum absolute atomic E-state index is 0.0494. The molecule has 0 saturated carbocycles. The van der Waals surface area contributed by atoms with Crippen LogP contribution in [-0.4, -0.2) is 228 Å². The van der Waals surface area contributed by atoms with E-state index in [9.17, 15) is 4.79 Å². The molecule has 0 aliphatic carbocycles. The molecule has 8 aromatic rings. The molecule has 22 nitrogen and oxygen atoms in total. The fourth-order valence-electron chi connectivity index (χ4n) is 16.9. The zero-order chi connectivity index (χ0) is 84.3. The number of carbonyl (C=O) groups excluding carboxylic acids is 1. The summed E-state index contributed by atoms with van der Waals surface area (Å²) in [7, 11) is 6.47. The molecule has 8 aliphatic rings. The number of hydrogen-bond donors (Lipinski definition) is 0. The minimum atomic E-state index is -0.487. The molecule has 4 aromatic carbocycles. The summed E-state index contributed by atoms with van der Waals surface area (Å²) >= 11 is 0. The third-order valence-electron chi connectivity index (χ3n) is 25.7. The van der Waals surface area contributed by atoms with Gasteiger partial charge in [0.2, 0.25) is 0 Å². The zero-order valence-electron chi connectivity index (χ0n) is 73.8. The van der Waals surface area contributed by atoms with Crippen LogP contribution in [0.25, 0.3) is 0 Å². The number of likely N-dealkylation sites (N-methyl/N-ethyl adjacent to an activating group) is 3. The Kier molecular flexibility index (Phi) is 35.8. The topological polar surface area (TPSA) is 178 Å². The van der Waals surface area contributed by atoms with Gasteiger partial charge in [0.05, 0.1) is 105 Å². The van der Waals surface area contributed by atoms with Crippen LogP contribution >= 0.6 is 0 Å². The van der Waals surface area contributed by atoms with Gasteiger partial charge in [0.25, 0.3) is 0 Å². The molecule has 4 aromatic heterocycles. The first-order valence-corrected chi connectivity index (χ1v) is 45.6. The SMILES string of the molecule is CC(C)(C)OC(=O)N1CC[C@H]1COc1cncc(N2CCC(CCOCc3ccccc3)CC2)c1.CN1CC[C@H]1COc1cncc(N2CCC(CCOCc3ccccc3)CC2)c1.CN1CC[C@H]1COc1cncc(N2CCC(CCOCc3ccccc3)CC2)c1.CN1CC[C@H]1COc1cncc(N2CCC(CCOCc3ccccc3)CC2)c1. The van der Waals surface area contributed by atoms with Crippen LogP contribution in [0.3, 0.4) is 0 Å². The maximum absolute atomic E-state index is 12.3. The van der Waals surface area contributed by atoms with Crippen molar-refractivity contribution >= 4 is 28.8 Å². The number of carbonyl (C=O) groups is 1. The van der Waals surface area contributed by atoms with Crippen LogP contribution in [0.15, 0.2) is 195 Å². The van der Waals surface area contributed by atoms with E-state index in [0.29, 0.717) is 43.8 Å². The van der Waals surface area contributed by atoms with Crippen molar-refractivity contribution in [2.24, 2.45) is 23.7 Å². The highest BCUT2D eigenvalue weighted by Gasteiger charge is 2.36. The molecule has 8 saturated heterocycles. The summed E-state index contributed by atoms with van der Waals surface area (Å²) in [6.07, 6.45) is 33.6. The van der Waals surface area contributed by atoms with Crippen molar-refractivity contribution in [3.63, 3.8) is 0 Å². The Morgan fingerprint density at radius 2 is 0.566 bits per heavy atom. The van der Waals surface area contributed by atoms with Gasteiger partial charge in [0.1, 0.15) is 55.0 Å². The summed E-state index contributed by atoms with van der Waals surface area (Å²) in [4.78, 5) is 48.4. The van der Waals surface area contributed by atoms with Crippen molar-refractivity contribution in [2.75, 3.05) is 172 Å². The molecular weight excluding hydrogens is 1530 g/mol. The van der Waals surface area contributed by atoms with Crippen LogP contribution in [0.2, 0.25) is 0 Å². The molecule has 4 atom stereocenters. The number of pyridine rings is 4. The monoisotopic (exact) mass is 1670 g/mol. The number of rotatable bonds is 36. The van der Waals surface area contributed by atoms with Crippen molar-refractivity contribution in [1.82, 2.24) is 39.5 Å². The predicted octanol–water partition coefficient (Wildman–Crippen LogP) is 17.3. The van der Waals surface area contributed by atoms with Gasteiger partial charge in [-0.05, 0) is 210 Å². The summed E-state index contributed by atoms with van der Waals surface area (Å²) in [5, 5.41) is 0. The number of benzene rings is 4. The maximum atomic E-state index is 12.3. The van der Waals surface area contributed by atoms with Gasteiger partial charge in [0.15, 0.2) is 0 Å². The van der Waals surface area contributed by atoms with Crippen LogP contribution < -0.4 is 38.5 Å². The molecule has 658 valence electrons. The molecule has 0 bridgehead atoms. The number of piperidine rings is 4. The molecule has 22 heteroatoms. The molecule has 12 heterocycles. The first-order chi connectivity index (χ1) is 59.7. The quantitative estimate of drug-likeness (QED) is 0.0338. The molecular formula is C100H138N12O10. The Bertz CT molecular complexity index is 3950. The van der Waals surface area contributed by atoms with Crippen LogP contribution in [0, 0.1) is 23.7 Å². The largest absolute Gasteiger partial charge is 0.490 e. The van der Waals surface area contributed by atoms with Gasteiger partial charge in [0, 0.05) is 128 Å². The molecule has 0 spiro atoms. The summed E-state index contributed by atoms with van der Waals surface area (Å²) < 4.78 is 53.0. The summed E-state index contributed by atoms with van der Waals surface area (Å²) in [5.41, 5.74) is 9.14. The van der Waals surface area contributed by atoms with Gasteiger partial charge in [-0.25, -0.2) is 4.79 Å². The Morgan fingerprint density at radius 3 is 0.779 bits per heavy atom. The van der Waals surface area contributed by atoms with Crippen LogP contribution in [0.1, 0.15) is 146 Å². The normalized spacial score (nSPS) is 20.0. The second-order valence-electron chi connectivity index (χ2n) is 35.7. The summed E-state index contributed by atoms with van der Waals surface area (Å²) in [6.45, 7) is 27.4. The number of nitrogens with zero attached hydrogens (tertiary/aromatic N) is 12. The van der Waals surface area contributed by atoms with E-state index in [1.165, 1.54) is 117 Å². The minimum Gasteiger partial charge on any atom is -0.490 e. The Hall–Kier alpha value is -9.13. The number of aromatic nitrogens is 4. The molecule has 0 unspecified atom stereocenters. The van der Waals surface area contributed by atoms with Gasteiger partial charge in [-0.15, -0.1) is 0 Å². The molecule has 16 rings (SSSR count). The van der Waals surface area contributed by atoms with Crippen molar-refractivity contribution in [3.05, 3.63) is 217 Å². The van der Waals surface area contributed by atoms with Crippen LogP contribution in [0.5, 0.6) is 23.0 Å². The zero-order valence-corrected chi connectivity index (χ0v) is 73.8. The molecule has 0 radical (unpaired) electrons. The van der Waals surface area contributed by atoms with Crippen molar-refractivity contribution in [2.45, 2.75) is 180 Å². The lowest BCUT2D eigenvalue weighted by molar-refractivity contribution is -0.0141. The second-order valence-corrected chi connectivity index (χ2v) is 35.7.